The second-order valence-corrected chi connectivity index (χ2v) is 9.63. The molecule has 10 heteroatoms. The zero-order chi connectivity index (χ0) is 27.6. The van der Waals surface area contributed by atoms with Crippen LogP contribution in [0.15, 0.2) is 60.9 Å². The second kappa shape index (κ2) is 10.9. The number of hydrogen-bond acceptors (Lipinski definition) is 5. The van der Waals surface area contributed by atoms with Gasteiger partial charge in [-0.1, -0.05) is 18.1 Å². The Bertz CT molecular complexity index is 1580. The molecule has 5 rings (SSSR count). The van der Waals surface area contributed by atoms with Gasteiger partial charge in [0.1, 0.15) is 0 Å². The molecule has 1 fully saturated rings. The van der Waals surface area contributed by atoms with Crippen LogP contribution in [0.5, 0.6) is 0 Å². The van der Waals surface area contributed by atoms with E-state index in [1.54, 1.807) is 41.2 Å². The number of likely N-dealkylation sites (N-methyl/N-ethyl adjacent to an activating group) is 1. The van der Waals surface area contributed by atoms with Gasteiger partial charge in [0.2, 0.25) is 5.82 Å². The maximum atomic E-state index is 13.9. The molecule has 39 heavy (non-hydrogen) atoms. The summed E-state index contributed by atoms with van der Waals surface area (Å²) in [6, 6.07) is 12.6. The predicted molar refractivity (Wildman–Crippen MR) is 142 cm³/mol. The van der Waals surface area contributed by atoms with Crippen LogP contribution in [0, 0.1) is 18.8 Å². The van der Waals surface area contributed by atoms with Crippen LogP contribution in [0.4, 0.5) is 18.9 Å². The molecule has 1 amide bonds. The molecule has 0 spiro atoms. The van der Waals surface area contributed by atoms with Crippen molar-refractivity contribution in [3.8, 4) is 11.8 Å². The summed E-state index contributed by atoms with van der Waals surface area (Å²) in [7, 11) is 2.00. The number of fused-ring (bicyclic) bond motifs is 1. The number of benzene rings is 2. The van der Waals surface area contributed by atoms with E-state index in [2.05, 4.69) is 32.1 Å². The fourth-order valence-corrected chi connectivity index (χ4v) is 4.45. The highest BCUT2D eigenvalue weighted by Crippen LogP contribution is 2.34. The third-order valence-corrected chi connectivity index (χ3v) is 6.77. The Balaban J connectivity index is 1.35. The predicted octanol–water partition coefficient (Wildman–Crippen LogP) is 4.46. The molecule has 2 aromatic heterocycles. The van der Waals surface area contributed by atoms with E-state index >= 15 is 0 Å². The lowest BCUT2D eigenvalue weighted by molar-refractivity contribution is -0.138. The summed E-state index contributed by atoms with van der Waals surface area (Å²) < 4.78 is 43.4. The molecule has 0 atom stereocenters. The van der Waals surface area contributed by atoms with E-state index < -0.39 is 17.6 Å². The molecular weight excluding hydrogens is 505 g/mol. The first-order valence-electron chi connectivity index (χ1n) is 12.5. The van der Waals surface area contributed by atoms with Gasteiger partial charge in [-0.3, -0.25) is 9.69 Å². The van der Waals surface area contributed by atoms with Gasteiger partial charge < -0.3 is 10.2 Å². The first kappa shape index (κ1) is 26.4. The number of nitrogens with zero attached hydrogens (tertiary/aromatic N) is 5. The number of nitrogens with one attached hydrogen (secondary N) is 1. The van der Waals surface area contributed by atoms with E-state index in [0.717, 1.165) is 30.2 Å². The van der Waals surface area contributed by atoms with Gasteiger partial charge in [-0.05, 0) is 67.4 Å². The third-order valence-electron chi connectivity index (χ3n) is 6.77. The molecule has 0 bridgehead atoms. The zero-order valence-corrected chi connectivity index (χ0v) is 21.6. The Labute approximate surface area is 224 Å². The smallest absolute Gasteiger partial charge is 0.322 e. The van der Waals surface area contributed by atoms with Crippen LogP contribution in [0.2, 0.25) is 0 Å². The number of hydrogen-bond donors (Lipinski definition) is 1. The molecule has 0 radical (unpaired) electrons. The van der Waals surface area contributed by atoms with Gasteiger partial charge in [0.15, 0.2) is 0 Å². The first-order chi connectivity index (χ1) is 18.7. The first-order valence-corrected chi connectivity index (χ1v) is 12.5. The van der Waals surface area contributed by atoms with Crippen LogP contribution < -0.4 is 5.32 Å². The van der Waals surface area contributed by atoms with Crippen LogP contribution in [0.1, 0.15) is 38.4 Å². The lowest BCUT2D eigenvalue weighted by atomic mass is 10.0. The number of aromatic nitrogens is 3. The fraction of sp³-hybridized carbons (Fsp3) is 0.276. The van der Waals surface area contributed by atoms with Gasteiger partial charge in [0.05, 0.1) is 17.3 Å². The van der Waals surface area contributed by atoms with Crippen molar-refractivity contribution in [1.29, 1.82) is 0 Å². The molecule has 1 saturated heterocycles. The van der Waals surface area contributed by atoms with E-state index in [1.807, 2.05) is 24.9 Å². The Kier molecular flexibility index (Phi) is 7.37. The van der Waals surface area contributed by atoms with Crippen molar-refractivity contribution < 1.29 is 18.0 Å². The number of aryl methyl sites for hydroxylation is 1. The average Bonchev–Trinajstić information content (AvgIpc) is 3.33. The molecule has 0 saturated carbocycles. The van der Waals surface area contributed by atoms with E-state index in [4.69, 9.17) is 0 Å². The Morgan fingerprint density at radius 2 is 1.85 bits per heavy atom. The number of anilines is 1. The normalized spacial score (nSPS) is 14.7. The highest BCUT2D eigenvalue weighted by atomic mass is 19.4. The molecule has 1 aliphatic rings. The largest absolute Gasteiger partial charge is 0.416 e. The van der Waals surface area contributed by atoms with Crippen LogP contribution >= 0.6 is 0 Å². The standard InChI is InChI=1S/C29H27F3N6O/c1-20-5-6-22(16-21(20)8-10-27-33-18-25-4-3-11-34-38(25)27)28(39)35-24-9-7-23(26(17-24)29(30,31)32)19-37-14-12-36(2)13-15-37/h3-7,9,11,16-18H,12-15,19H2,1-2H3,(H,35,39). The minimum atomic E-state index is -4.54. The quantitative estimate of drug-likeness (QED) is 0.394. The summed E-state index contributed by atoms with van der Waals surface area (Å²) in [5.74, 6) is 5.95. The van der Waals surface area contributed by atoms with Crippen molar-refractivity contribution in [1.82, 2.24) is 24.4 Å². The number of imidazole rings is 1. The highest BCUT2D eigenvalue weighted by Gasteiger charge is 2.34. The molecule has 4 aromatic rings. The molecular formula is C29H27F3N6O. The topological polar surface area (TPSA) is 65.8 Å². The summed E-state index contributed by atoms with van der Waals surface area (Å²) in [6.45, 7) is 5.11. The third kappa shape index (κ3) is 6.11. The van der Waals surface area contributed by atoms with Crippen molar-refractivity contribution in [3.63, 3.8) is 0 Å². The number of carbonyl (C=O) groups is 1. The lowest BCUT2D eigenvalue weighted by Crippen LogP contribution is -2.44. The van der Waals surface area contributed by atoms with Crippen molar-refractivity contribution in [2.75, 3.05) is 38.5 Å². The Morgan fingerprint density at radius 1 is 1.05 bits per heavy atom. The van der Waals surface area contributed by atoms with Crippen LogP contribution in [0.3, 0.4) is 0 Å². The molecule has 3 heterocycles. The van der Waals surface area contributed by atoms with E-state index in [9.17, 15) is 18.0 Å². The maximum absolute atomic E-state index is 13.9. The van der Waals surface area contributed by atoms with E-state index in [0.29, 0.717) is 24.5 Å². The number of rotatable bonds is 4. The number of carbonyl (C=O) groups excluding carboxylic acids is 1. The summed E-state index contributed by atoms with van der Waals surface area (Å²) in [5.41, 5.74) is 2.08. The zero-order valence-electron chi connectivity index (χ0n) is 21.6. The number of piperazine rings is 1. The Morgan fingerprint density at radius 3 is 2.62 bits per heavy atom. The van der Waals surface area contributed by atoms with Gasteiger partial charge in [-0.15, -0.1) is 0 Å². The number of amides is 1. The monoisotopic (exact) mass is 532 g/mol. The molecule has 0 unspecified atom stereocenters. The van der Waals surface area contributed by atoms with E-state index in [-0.39, 0.29) is 23.4 Å². The number of alkyl halides is 3. The van der Waals surface area contributed by atoms with Gasteiger partial charge in [0.25, 0.3) is 5.91 Å². The van der Waals surface area contributed by atoms with Crippen molar-refractivity contribution >= 4 is 17.1 Å². The highest BCUT2D eigenvalue weighted by molar-refractivity contribution is 6.04. The molecule has 1 N–H and O–H groups in total. The number of halogens is 3. The van der Waals surface area contributed by atoms with Crippen molar-refractivity contribution in [2.24, 2.45) is 0 Å². The second-order valence-electron chi connectivity index (χ2n) is 9.63. The Hall–Kier alpha value is -4.20. The lowest BCUT2D eigenvalue weighted by Gasteiger charge is -2.33. The molecule has 1 aliphatic heterocycles. The van der Waals surface area contributed by atoms with E-state index in [1.165, 1.54) is 12.1 Å². The minimum absolute atomic E-state index is 0.0811. The van der Waals surface area contributed by atoms with Crippen LogP contribution in [-0.4, -0.2) is 63.5 Å². The fourth-order valence-electron chi connectivity index (χ4n) is 4.45. The van der Waals surface area contributed by atoms with Crippen molar-refractivity contribution in [2.45, 2.75) is 19.6 Å². The molecule has 200 valence electrons. The maximum Gasteiger partial charge on any atom is 0.416 e. The van der Waals surface area contributed by atoms with Gasteiger partial charge >= 0.3 is 6.18 Å². The SMILES string of the molecule is Cc1ccc(C(=O)Nc2ccc(CN3CCN(C)CC3)c(C(F)(F)F)c2)cc1C#Cc1ncc2cccnn12. The molecule has 7 nitrogen and oxygen atoms in total. The van der Waals surface area contributed by atoms with Crippen molar-refractivity contribution in [3.05, 3.63) is 94.6 Å². The summed E-state index contributed by atoms with van der Waals surface area (Å²) in [4.78, 5) is 21.4. The van der Waals surface area contributed by atoms with Crippen LogP contribution in [-0.2, 0) is 12.7 Å². The minimum Gasteiger partial charge on any atom is -0.322 e. The van der Waals surface area contributed by atoms with Gasteiger partial charge in [-0.25, -0.2) is 9.50 Å². The van der Waals surface area contributed by atoms with Gasteiger partial charge in [-0.2, -0.15) is 18.3 Å². The average molecular weight is 533 g/mol. The van der Waals surface area contributed by atoms with Gasteiger partial charge in [0, 0.05) is 55.7 Å². The van der Waals surface area contributed by atoms with Crippen LogP contribution in [0.25, 0.3) is 5.52 Å². The summed E-state index contributed by atoms with van der Waals surface area (Å²) in [5, 5.41) is 6.85. The summed E-state index contributed by atoms with van der Waals surface area (Å²) in [6.07, 6.45) is -1.24. The molecule has 0 aliphatic carbocycles. The summed E-state index contributed by atoms with van der Waals surface area (Å²) >= 11 is 0. The molecule has 2 aromatic carbocycles.